The van der Waals surface area contributed by atoms with Crippen molar-refractivity contribution in [2.75, 3.05) is 32.2 Å². The summed E-state index contributed by atoms with van der Waals surface area (Å²) in [6, 6.07) is 13.8. The maximum atomic E-state index is 12.5. The largest absolute Gasteiger partial charge is 0.493 e. The highest BCUT2D eigenvalue weighted by Gasteiger charge is 2.14. The zero-order valence-electron chi connectivity index (χ0n) is 16.0. The van der Waals surface area contributed by atoms with E-state index < -0.39 is 0 Å². The third-order valence-corrected chi connectivity index (χ3v) is 3.71. The lowest BCUT2D eigenvalue weighted by Crippen LogP contribution is -2.28. The van der Waals surface area contributed by atoms with E-state index in [1.54, 1.807) is 55.6 Å². The molecule has 0 atom stereocenters. The summed E-state index contributed by atoms with van der Waals surface area (Å²) in [6.07, 6.45) is 0. The fraction of sp³-hybridized carbons (Fsp3) is 0.333. The number of methoxy groups -OCH3 is 1. The SMILES string of the molecule is COCCNC(=O)c1ccccc1NC(=O)c1ccc(OCC(C)C)cc1. The van der Waals surface area contributed by atoms with Gasteiger partial charge in [-0.3, -0.25) is 9.59 Å². The molecule has 6 heteroatoms. The Balaban J connectivity index is 2.04. The zero-order chi connectivity index (χ0) is 19.6. The highest BCUT2D eigenvalue weighted by Crippen LogP contribution is 2.18. The van der Waals surface area contributed by atoms with Crippen LogP contribution in [-0.4, -0.2) is 38.7 Å². The van der Waals surface area contributed by atoms with Gasteiger partial charge in [0.1, 0.15) is 5.75 Å². The van der Waals surface area contributed by atoms with Gasteiger partial charge in [-0.25, -0.2) is 0 Å². The fourth-order valence-corrected chi connectivity index (χ4v) is 2.31. The Labute approximate surface area is 159 Å². The van der Waals surface area contributed by atoms with Crippen molar-refractivity contribution < 1.29 is 19.1 Å². The van der Waals surface area contributed by atoms with Gasteiger partial charge < -0.3 is 20.1 Å². The van der Waals surface area contributed by atoms with Crippen LogP contribution >= 0.6 is 0 Å². The minimum atomic E-state index is -0.289. The number of nitrogens with one attached hydrogen (secondary N) is 2. The van der Waals surface area contributed by atoms with Crippen LogP contribution in [0.15, 0.2) is 48.5 Å². The van der Waals surface area contributed by atoms with E-state index in [-0.39, 0.29) is 11.8 Å². The molecule has 0 saturated carbocycles. The zero-order valence-corrected chi connectivity index (χ0v) is 16.0. The van der Waals surface area contributed by atoms with E-state index in [1.807, 2.05) is 0 Å². The standard InChI is InChI=1S/C21H26N2O4/c1-15(2)14-27-17-10-8-16(9-11-17)20(24)23-19-7-5-4-6-18(19)21(25)22-12-13-26-3/h4-11,15H,12-14H2,1-3H3,(H,22,25)(H,23,24). The van der Waals surface area contributed by atoms with Crippen LogP contribution in [0, 0.1) is 5.92 Å². The summed E-state index contributed by atoms with van der Waals surface area (Å²) < 4.78 is 10.5. The monoisotopic (exact) mass is 370 g/mol. The minimum Gasteiger partial charge on any atom is -0.493 e. The first-order valence-corrected chi connectivity index (χ1v) is 8.91. The van der Waals surface area contributed by atoms with Gasteiger partial charge in [-0.1, -0.05) is 26.0 Å². The van der Waals surface area contributed by atoms with Crippen LogP contribution < -0.4 is 15.4 Å². The number of para-hydroxylation sites is 1. The van der Waals surface area contributed by atoms with E-state index in [2.05, 4.69) is 24.5 Å². The molecule has 27 heavy (non-hydrogen) atoms. The predicted octanol–water partition coefficient (Wildman–Crippen LogP) is 3.35. The Morgan fingerprint density at radius 1 is 1.00 bits per heavy atom. The molecule has 0 unspecified atom stereocenters. The fourth-order valence-electron chi connectivity index (χ4n) is 2.31. The molecule has 0 radical (unpaired) electrons. The van der Waals surface area contributed by atoms with Crippen LogP contribution in [0.25, 0.3) is 0 Å². The average molecular weight is 370 g/mol. The molecule has 0 spiro atoms. The molecule has 2 amide bonds. The molecule has 2 N–H and O–H groups in total. The van der Waals surface area contributed by atoms with E-state index in [1.165, 1.54) is 0 Å². The third-order valence-electron chi connectivity index (χ3n) is 3.71. The molecular formula is C21H26N2O4. The number of rotatable bonds is 9. The molecule has 0 fully saturated rings. The number of hydrogen-bond acceptors (Lipinski definition) is 4. The summed E-state index contributed by atoms with van der Waals surface area (Å²) >= 11 is 0. The lowest BCUT2D eigenvalue weighted by molar-refractivity contribution is 0.0938. The number of carbonyl (C=O) groups is 2. The Bertz CT molecular complexity index is 757. The molecule has 144 valence electrons. The summed E-state index contributed by atoms with van der Waals surface area (Å²) in [6.45, 7) is 5.59. The average Bonchev–Trinajstić information content (AvgIpc) is 2.67. The van der Waals surface area contributed by atoms with Gasteiger partial charge in [0.15, 0.2) is 0 Å². The first-order valence-electron chi connectivity index (χ1n) is 8.91. The lowest BCUT2D eigenvalue weighted by Gasteiger charge is -2.12. The van der Waals surface area contributed by atoms with Crippen LogP contribution in [0.5, 0.6) is 5.75 Å². The number of anilines is 1. The molecular weight excluding hydrogens is 344 g/mol. The van der Waals surface area contributed by atoms with Gasteiger partial charge in [-0.15, -0.1) is 0 Å². The molecule has 6 nitrogen and oxygen atoms in total. The number of benzene rings is 2. The summed E-state index contributed by atoms with van der Waals surface area (Å²) in [5, 5.41) is 5.55. The van der Waals surface area contributed by atoms with Gasteiger partial charge in [-0.2, -0.15) is 0 Å². The molecule has 0 aliphatic heterocycles. The Morgan fingerprint density at radius 3 is 2.37 bits per heavy atom. The molecule has 0 aromatic heterocycles. The Hall–Kier alpha value is -2.86. The van der Waals surface area contributed by atoms with Gasteiger partial charge in [0.05, 0.1) is 24.5 Å². The molecule has 0 aliphatic carbocycles. The van der Waals surface area contributed by atoms with Crippen molar-refractivity contribution in [2.24, 2.45) is 5.92 Å². The van der Waals surface area contributed by atoms with E-state index in [4.69, 9.17) is 9.47 Å². The van der Waals surface area contributed by atoms with E-state index in [0.717, 1.165) is 5.75 Å². The summed E-state index contributed by atoms with van der Waals surface area (Å²) in [5.74, 6) is 0.598. The maximum absolute atomic E-state index is 12.5. The quantitative estimate of drug-likeness (QED) is 0.664. The summed E-state index contributed by atoms with van der Waals surface area (Å²) in [5.41, 5.74) is 1.35. The molecule has 2 rings (SSSR count). The van der Waals surface area contributed by atoms with E-state index in [9.17, 15) is 9.59 Å². The van der Waals surface area contributed by atoms with Crippen LogP contribution in [-0.2, 0) is 4.74 Å². The molecule has 0 heterocycles. The number of ether oxygens (including phenoxy) is 2. The molecule has 2 aromatic carbocycles. The van der Waals surface area contributed by atoms with Crippen LogP contribution in [0.2, 0.25) is 0 Å². The topological polar surface area (TPSA) is 76.7 Å². The van der Waals surface area contributed by atoms with Gasteiger partial charge in [0.25, 0.3) is 11.8 Å². The van der Waals surface area contributed by atoms with Gasteiger partial charge in [0, 0.05) is 19.2 Å². The predicted molar refractivity (Wildman–Crippen MR) is 105 cm³/mol. The van der Waals surface area contributed by atoms with Crippen LogP contribution in [0.1, 0.15) is 34.6 Å². The first-order chi connectivity index (χ1) is 13.0. The van der Waals surface area contributed by atoms with Crippen molar-refractivity contribution in [2.45, 2.75) is 13.8 Å². The lowest BCUT2D eigenvalue weighted by atomic mass is 10.1. The summed E-state index contributed by atoms with van der Waals surface area (Å²) in [7, 11) is 1.57. The number of amides is 2. The Kier molecular flexibility index (Phi) is 7.82. The van der Waals surface area contributed by atoms with Gasteiger partial charge >= 0.3 is 0 Å². The molecule has 0 bridgehead atoms. The van der Waals surface area contributed by atoms with Gasteiger partial charge in [0.2, 0.25) is 0 Å². The summed E-state index contributed by atoms with van der Waals surface area (Å²) in [4.78, 5) is 24.8. The minimum absolute atomic E-state index is 0.264. The second-order valence-corrected chi connectivity index (χ2v) is 6.48. The highest BCUT2D eigenvalue weighted by atomic mass is 16.5. The van der Waals surface area contributed by atoms with Crippen molar-refractivity contribution >= 4 is 17.5 Å². The highest BCUT2D eigenvalue weighted by molar-refractivity contribution is 6.09. The molecule has 0 saturated heterocycles. The van der Waals surface area contributed by atoms with Crippen molar-refractivity contribution in [3.63, 3.8) is 0 Å². The second kappa shape index (κ2) is 10.3. The van der Waals surface area contributed by atoms with Crippen molar-refractivity contribution in [3.8, 4) is 5.75 Å². The maximum Gasteiger partial charge on any atom is 0.255 e. The van der Waals surface area contributed by atoms with Crippen LogP contribution in [0.4, 0.5) is 5.69 Å². The normalized spacial score (nSPS) is 10.5. The third kappa shape index (κ3) is 6.42. The van der Waals surface area contributed by atoms with Crippen LogP contribution in [0.3, 0.4) is 0 Å². The van der Waals surface area contributed by atoms with Crippen molar-refractivity contribution in [1.82, 2.24) is 5.32 Å². The molecule has 2 aromatic rings. The Morgan fingerprint density at radius 2 is 1.70 bits per heavy atom. The van der Waals surface area contributed by atoms with Crippen molar-refractivity contribution in [1.29, 1.82) is 0 Å². The number of hydrogen-bond donors (Lipinski definition) is 2. The second-order valence-electron chi connectivity index (χ2n) is 6.48. The molecule has 0 aliphatic rings. The smallest absolute Gasteiger partial charge is 0.255 e. The first kappa shape index (κ1) is 20.5. The van der Waals surface area contributed by atoms with E-state index in [0.29, 0.717) is 42.5 Å². The number of carbonyl (C=O) groups excluding carboxylic acids is 2. The van der Waals surface area contributed by atoms with Crippen molar-refractivity contribution in [3.05, 3.63) is 59.7 Å². The van der Waals surface area contributed by atoms with Gasteiger partial charge in [-0.05, 0) is 42.3 Å². The van der Waals surface area contributed by atoms with E-state index >= 15 is 0 Å².